The van der Waals surface area contributed by atoms with Crippen LogP contribution in [-0.2, 0) is 9.53 Å². The van der Waals surface area contributed by atoms with E-state index in [1.807, 2.05) is 0 Å². The third-order valence-electron chi connectivity index (χ3n) is 5.80. The summed E-state index contributed by atoms with van der Waals surface area (Å²) in [6.45, 7) is 8.98. The predicted octanol–water partition coefficient (Wildman–Crippen LogP) is 9.01. The minimum atomic E-state index is 0.0248. The first-order valence-electron chi connectivity index (χ1n) is 12.8. The molecule has 0 saturated heterocycles. The third-order valence-corrected chi connectivity index (χ3v) is 5.80. The van der Waals surface area contributed by atoms with Gasteiger partial charge < -0.3 is 4.74 Å². The van der Waals surface area contributed by atoms with E-state index >= 15 is 0 Å². The summed E-state index contributed by atoms with van der Waals surface area (Å²) in [5, 5.41) is 0. The summed E-state index contributed by atoms with van der Waals surface area (Å²) in [5.74, 6) is 0.895. The molecule has 0 aliphatic rings. The Labute approximate surface area is 177 Å². The Hall–Kier alpha value is -0.530. The van der Waals surface area contributed by atoms with Gasteiger partial charge in [-0.2, -0.15) is 0 Å². The lowest BCUT2D eigenvalue weighted by Crippen LogP contribution is -2.17. The van der Waals surface area contributed by atoms with E-state index in [9.17, 15) is 4.79 Å². The van der Waals surface area contributed by atoms with Crippen LogP contribution in [-0.4, -0.2) is 12.1 Å². The average molecular weight is 397 g/mol. The topological polar surface area (TPSA) is 26.3 Å². The van der Waals surface area contributed by atoms with Crippen LogP contribution in [0.4, 0.5) is 0 Å². The molecule has 0 N–H and O–H groups in total. The molecule has 0 bridgehead atoms. The zero-order chi connectivity index (χ0) is 20.9. The summed E-state index contributed by atoms with van der Waals surface area (Å²) in [6, 6.07) is 0. The Morgan fingerprint density at radius 2 is 1.11 bits per heavy atom. The molecule has 0 aromatic rings. The molecule has 0 aliphatic carbocycles. The first kappa shape index (κ1) is 27.5. The van der Waals surface area contributed by atoms with Crippen molar-refractivity contribution in [2.45, 2.75) is 156 Å². The lowest BCUT2D eigenvalue weighted by atomic mass is 10.0. The number of carbonyl (C=O) groups excluding carboxylic acids is 1. The summed E-state index contributed by atoms with van der Waals surface area (Å²) < 4.78 is 5.63. The van der Waals surface area contributed by atoms with Crippen molar-refractivity contribution in [1.29, 1.82) is 0 Å². The van der Waals surface area contributed by atoms with Crippen LogP contribution in [0.5, 0.6) is 0 Å². The quantitative estimate of drug-likeness (QED) is 0.143. The van der Waals surface area contributed by atoms with Crippen molar-refractivity contribution in [3.63, 3.8) is 0 Å². The zero-order valence-electron chi connectivity index (χ0n) is 19.9. The standard InChI is InChI=1S/C26H52O2/c1-5-7-18-22-25(6-2)28-26(27)23-20-17-15-13-11-9-8-10-12-14-16-19-21-24(3)4/h24-25H,5-23H2,1-4H3/t25-/m0/s1. The van der Waals surface area contributed by atoms with E-state index in [0.29, 0.717) is 6.42 Å². The lowest BCUT2D eigenvalue weighted by Gasteiger charge is -2.16. The second-order valence-electron chi connectivity index (χ2n) is 9.19. The maximum Gasteiger partial charge on any atom is 0.306 e. The molecule has 0 radical (unpaired) electrons. The second kappa shape index (κ2) is 21.2. The van der Waals surface area contributed by atoms with Gasteiger partial charge in [-0.1, -0.05) is 118 Å². The molecule has 0 fully saturated rings. The van der Waals surface area contributed by atoms with Gasteiger partial charge in [-0.05, 0) is 31.6 Å². The van der Waals surface area contributed by atoms with E-state index < -0.39 is 0 Å². The molecule has 0 unspecified atom stereocenters. The lowest BCUT2D eigenvalue weighted by molar-refractivity contribution is -0.149. The van der Waals surface area contributed by atoms with Crippen LogP contribution in [0.1, 0.15) is 150 Å². The van der Waals surface area contributed by atoms with Gasteiger partial charge in [0.2, 0.25) is 0 Å². The van der Waals surface area contributed by atoms with E-state index in [2.05, 4.69) is 27.7 Å². The van der Waals surface area contributed by atoms with Crippen LogP contribution >= 0.6 is 0 Å². The summed E-state index contributed by atoms with van der Waals surface area (Å²) in [6.07, 6.45) is 23.9. The first-order chi connectivity index (χ1) is 13.6. The van der Waals surface area contributed by atoms with Crippen molar-refractivity contribution in [2.75, 3.05) is 0 Å². The van der Waals surface area contributed by atoms with Crippen molar-refractivity contribution in [1.82, 2.24) is 0 Å². The van der Waals surface area contributed by atoms with Crippen LogP contribution in [0.15, 0.2) is 0 Å². The highest BCUT2D eigenvalue weighted by molar-refractivity contribution is 5.69. The maximum atomic E-state index is 12.0. The number of hydrogen-bond acceptors (Lipinski definition) is 2. The van der Waals surface area contributed by atoms with Gasteiger partial charge in [0.1, 0.15) is 6.10 Å². The van der Waals surface area contributed by atoms with E-state index in [1.165, 1.54) is 96.3 Å². The van der Waals surface area contributed by atoms with Gasteiger partial charge in [0, 0.05) is 6.42 Å². The van der Waals surface area contributed by atoms with E-state index in [1.54, 1.807) is 0 Å². The molecule has 0 spiro atoms. The minimum absolute atomic E-state index is 0.0248. The van der Waals surface area contributed by atoms with Gasteiger partial charge in [-0.15, -0.1) is 0 Å². The van der Waals surface area contributed by atoms with E-state index in [4.69, 9.17) is 4.74 Å². The summed E-state index contributed by atoms with van der Waals surface area (Å²) in [5.41, 5.74) is 0. The molecule has 0 aliphatic heterocycles. The molecule has 28 heavy (non-hydrogen) atoms. The molecule has 2 nitrogen and oxygen atoms in total. The molecule has 0 rings (SSSR count). The molecular formula is C26H52O2. The predicted molar refractivity (Wildman–Crippen MR) is 124 cm³/mol. The molecule has 0 aromatic carbocycles. The van der Waals surface area contributed by atoms with Crippen molar-refractivity contribution >= 4 is 5.97 Å². The van der Waals surface area contributed by atoms with E-state index in [-0.39, 0.29) is 12.1 Å². The SMILES string of the molecule is CCCCC[C@H](CC)OC(=O)CCCCCCCCCCCCCCC(C)C. The van der Waals surface area contributed by atoms with Crippen LogP contribution in [0.3, 0.4) is 0 Å². The molecule has 0 amide bonds. The number of carbonyl (C=O) groups is 1. The highest BCUT2D eigenvalue weighted by Crippen LogP contribution is 2.15. The monoisotopic (exact) mass is 396 g/mol. The number of rotatable bonds is 21. The molecule has 1 atom stereocenters. The molecule has 168 valence electrons. The summed E-state index contributed by atoms with van der Waals surface area (Å²) in [4.78, 5) is 12.0. The average Bonchev–Trinajstić information content (AvgIpc) is 2.67. The van der Waals surface area contributed by atoms with Crippen LogP contribution in [0, 0.1) is 5.92 Å². The van der Waals surface area contributed by atoms with E-state index in [0.717, 1.165) is 25.2 Å². The number of hydrogen-bond donors (Lipinski definition) is 0. The number of unbranched alkanes of at least 4 members (excludes halogenated alkanes) is 13. The molecule has 2 heteroatoms. The highest BCUT2D eigenvalue weighted by Gasteiger charge is 2.11. The fourth-order valence-electron chi connectivity index (χ4n) is 3.80. The maximum absolute atomic E-state index is 12.0. The molecule has 0 saturated carbocycles. The molecular weight excluding hydrogens is 344 g/mol. The molecule has 0 aromatic heterocycles. The Morgan fingerprint density at radius 3 is 1.57 bits per heavy atom. The number of ether oxygens (including phenoxy) is 1. The molecule has 0 heterocycles. The fourth-order valence-corrected chi connectivity index (χ4v) is 3.80. The van der Waals surface area contributed by atoms with Gasteiger partial charge in [0.05, 0.1) is 0 Å². The van der Waals surface area contributed by atoms with Gasteiger partial charge in [-0.25, -0.2) is 0 Å². The van der Waals surface area contributed by atoms with Crippen molar-refractivity contribution < 1.29 is 9.53 Å². The Balaban J connectivity index is 3.32. The van der Waals surface area contributed by atoms with Gasteiger partial charge >= 0.3 is 5.97 Å². The summed E-state index contributed by atoms with van der Waals surface area (Å²) in [7, 11) is 0. The van der Waals surface area contributed by atoms with Crippen LogP contribution in [0.25, 0.3) is 0 Å². The Kier molecular flexibility index (Phi) is 20.8. The zero-order valence-corrected chi connectivity index (χ0v) is 19.9. The van der Waals surface area contributed by atoms with Gasteiger partial charge in [-0.3, -0.25) is 4.79 Å². The smallest absolute Gasteiger partial charge is 0.306 e. The second-order valence-corrected chi connectivity index (χ2v) is 9.19. The van der Waals surface area contributed by atoms with Crippen LogP contribution < -0.4 is 0 Å². The third kappa shape index (κ3) is 20.2. The summed E-state index contributed by atoms with van der Waals surface area (Å²) >= 11 is 0. The Morgan fingerprint density at radius 1 is 0.643 bits per heavy atom. The highest BCUT2D eigenvalue weighted by atomic mass is 16.5. The largest absolute Gasteiger partial charge is 0.462 e. The van der Waals surface area contributed by atoms with Crippen molar-refractivity contribution in [3.05, 3.63) is 0 Å². The Bertz CT molecular complexity index is 324. The van der Waals surface area contributed by atoms with Gasteiger partial charge in [0.15, 0.2) is 0 Å². The fraction of sp³-hybridized carbons (Fsp3) is 0.962. The van der Waals surface area contributed by atoms with Crippen molar-refractivity contribution in [3.8, 4) is 0 Å². The normalized spacial score (nSPS) is 12.5. The van der Waals surface area contributed by atoms with Crippen molar-refractivity contribution in [2.24, 2.45) is 5.92 Å². The number of esters is 1. The first-order valence-corrected chi connectivity index (χ1v) is 12.8. The van der Waals surface area contributed by atoms with Gasteiger partial charge in [0.25, 0.3) is 0 Å². The van der Waals surface area contributed by atoms with Crippen LogP contribution in [0.2, 0.25) is 0 Å². The minimum Gasteiger partial charge on any atom is -0.462 e.